The van der Waals surface area contributed by atoms with Gasteiger partial charge in [0.05, 0.1) is 13.2 Å². The SMILES string of the molecule is CNc1cc(-c2ccc(F)cc2)c2nc(Nc3cc(CN4CCOCC4)ccn3)sc2n1. The molecule has 32 heavy (non-hydrogen) atoms. The second kappa shape index (κ2) is 9.15. The van der Waals surface area contributed by atoms with Gasteiger partial charge in [-0.1, -0.05) is 23.5 Å². The lowest BCUT2D eigenvalue weighted by Crippen LogP contribution is -2.35. The quantitative estimate of drug-likeness (QED) is 0.448. The molecule has 5 rings (SSSR count). The fourth-order valence-electron chi connectivity index (χ4n) is 3.71. The van der Waals surface area contributed by atoms with Crippen molar-refractivity contribution in [2.24, 2.45) is 0 Å². The number of pyridine rings is 2. The van der Waals surface area contributed by atoms with E-state index < -0.39 is 0 Å². The highest BCUT2D eigenvalue weighted by Gasteiger charge is 2.15. The predicted octanol–water partition coefficient (Wildman–Crippen LogP) is 4.51. The van der Waals surface area contributed by atoms with Gasteiger partial charge < -0.3 is 15.4 Å². The summed E-state index contributed by atoms with van der Waals surface area (Å²) in [7, 11) is 1.83. The Balaban J connectivity index is 1.43. The Labute approximate surface area is 189 Å². The molecule has 0 atom stereocenters. The zero-order valence-corrected chi connectivity index (χ0v) is 18.5. The number of fused-ring (bicyclic) bond motifs is 1. The number of morpholine rings is 1. The van der Waals surface area contributed by atoms with E-state index in [1.54, 1.807) is 12.1 Å². The second-order valence-electron chi connectivity index (χ2n) is 7.55. The molecule has 0 aliphatic carbocycles. The molecule has 1 aromatic carbocycles. The number of benzene rings is 1. The molecule has 0 amide bonds. The van der Waals surface area contributed by atoms with Crippen LogP contribution in [0.5, 0.6) is 0 Å². The van der Waals surface area contributed by atoms with Crippen LogP contribution in [-0.2, 0) is 11.3 Å². The van der Waals surface area contributed by atoms with Crippen LogP contribution < -0.4 is 10.6 Å². The molecule has 2 N–H and O–H groups in total. The first-order chi connectivity index (χ1) is 15.7. The minimum atomic E-state index is -0.267. The number of halogens is 1. The van der Waals surface area contributed by atoms with Crippen molar-refractivity contribution < 1.29 is 9.13 Å². The van der Waals surface area contributed by atoms with Crippen LogP contribution in [0.2, 0.25) is 0 Å². The minimum Gasteiger partial charge on any atom is -0.379 e. The summed E-state index contributed by atoms with van der Waals surface area (Å²) >= 11 is 1.46. The van der Waals surface area contributed by atoms with E-state index >= 15 is 0 Å². The van der Waals surface area contributed by atoms with E-state index in [4.69, 9.17) is 9.72 Å². The minimum absolute atomic E-state index is 0.267. The smallest absolute Gasteiger partial charge is 0.190 e. The van der Waals surface area contributed by atoms with E-state index in [1.165, 1.54) is 29.0 Å². The maximum absolute atomic E-state index is 13.4. The van der Waals surface area contributed by atoms with Crippen LogP contribution in [0.3, 0.4) is 0 Å². The van der Waals surface area contributed by atoms with Gasteiger partial charge in [-0.3, -0.25) is 4.90 Å². The summed E-state index contributed by atoms with van der Waals surface area (Å²) in [6.07, 6.45) is 1.81. The highest BCUT2D eigenvalue weighted by atomic mass is 32.1. The zero-order chi connectivity index (χ0) is 21.9. The predicted molar refractivity (Wildman–Crippen MR) is 126 cm³/mol. The van der Waals surface area contributed by atoms with E-state index in [2.05, 4.69) is 31.6 Å². The Kier molecular flexibility index (Phi) is 5.93. The second-order valence-corrected chi connectivity index (χ2v) is 8.53. The van der Waals surface area contributed by atoms with Crippen molar-refractivity contribution in [1.29, 1.82) is 0 Å². The molecule has 0 saturated carbocycles. The number of nitrogens with one attached hydrogen (secondary N) is 2. The van der Waals surface area contributed by atoms with Crippen LogP contribution in [0.1, 0.15) is 5.56 Å². The maximum atomic E-state index is 13.4. The molecular formula is C23H23FN6OS. The molecule has 1 saturated heterocycles. The van der Waals surface area contributed by atoms with E-state index in [0.717, 1.165) is 66.0 Å². The van der Waals surface area contributed by atoms with Crippen molar-refractivity contribution in [1.82, 2.24) is 19.9 Å². The van der Waals surface area contributed by atoms with Crippen LogP contribution in [-0.4, -0.2) is 53.2 Å². The molecule has 4 heterocycles. The molecular weight excluding hydrogens is 427 g/mol. The molecule has 0 bridgehead atoms. The van der Waals surface area contributed by atoms with E-state index in [0.29, 0.717) is 5.13 Å². The van der Waals surface area contributed by atoms with Crippen LogP contribution in [0, 0.1) is 5.82 Å². The van der Waals surface area contributed by atoms with Gasteiger partial charge in [-0.05, 0) is 41.5 Å². The van der Waals surface area contributed by atoms with Crippen molar-refractivity contribution in [3.8, 4) is 11.1 Å². The number of rotatable bonds is 6. The molecule has 3 aromatic heterocycles. The van der Waals surface area contributed by atoms with Crippen molar-refractivity contribution in [3.63, 3.8) is 0 Å². The maximum Gasteiger partial charge on any atom is 0.190 e. The number of ether oxygens (including phenoxy) is 1. The van der Waals surface area contributed by atoms with E-state index in [-0.39, 0.29) is 5.82 Å². The summed E-state index contributed by atoms with van der Waals surface area (Å²) in [4.78, 5) is 17.1. The number of aromatic nitrogens is 3. The fourth-order valence-corrected chi connectivity index (χ4v) is 4.58. The highest BCUT2D eigenvalue weighted by molar-refractivity contribution is 7.21. The third-order valence-corrected chi connectivity index (χ3v) is 6.21. The third kappa shape index (κ3) is 4.55. The van der Waals surface area contributed by atoms with Gasteiger partial charge in [0.15, 0.2) is 5.13 Å². The van der Waals surface area contributed by atoms with Gasteiger partial charge in [0.1, 0.15) is 27.8 Å². The molecule has 0 spiro atoms. The first kappa shape index (κ1) is 20.7. The largest absolute Gasteiger partial charge is 0.379 e. The summed E-state index contributed by atoms with van der Waals surface area (Å²) in [5, 5.41) is 7.13. The summed E-state index contributed by atoms with van der Waals surface area (Å²) < 4.78 is 18.9. The first-order valence-corrected chi connectivity index (χ1v) is 11.3. The van der Waals surface area contributed by atoms with Gasteiger partial charge in [0, 0.05) is 38.4 Å². The van der Waals surface area contributed by atoms with Gasteiger partial charge >= 0.3 is 0 Å². The van der Waals surface area contributed by atoms with E-state index in [1.807, 2.05) is 25.4 Å². The summed E-state index contributed by atoms with van der Waals surface area (Å²) in [6.45, 7) is 4.30. The lowest BCUT2D eigenvalue weighted by Gasteiger charge is -2.26. The van der Waals surface area contributed by atoms with Crippen molar-refractivity contribution in [2.45, 2.75) is 6.54 Å². The molecule has 1 fully saturated rings. The number of anilines is 3. The monoisotopic (exact) mass is 450 g/mol. The summed E-state index contributed by atoms with van der Waals surface area (Å²) in [5.41, 5.74) is 3.75. The van der Waals surface area contributed by atoms with Gasteiger partial charge in [-0.2, -0.15) is 0 Å². The van der Waals surface area contributed by atoms with Crippen molar-refractivity contribution >= 4 is 38.5 Å². The standard InChI is InChI=1S/C23H23FN6OS/c1-25-19-13-18(16-2-4-17(24)5-3-16)21-22(27-19)32-23(29-21)28-20-12-15(6-7-26-20)14-30-8-10-31-11-9-30/h2-7,12-13H,8-11,14H2,1H3,(H,25,27)(H,26,28,29). The Hall–Kier alpha value is -3.14. The number of hydrogen-bond acceptors (Lipinski definition) is 8. The average Bonchev–Trinajstić information content (AvgIpc) is 3.22. The van der Waals surface area contributed by atoms with Gasteiger partial charge in [-0.25, -0.2) is 19.3 Å². The Morgan fingerprint density at radius 1 is 1.06 bits per heavy atom. The number of nitrogens with zero attached hydrogens (tertiary/aromatic N) is 4. The van der Waals surface area contributed by atoms with Crippen LogP contribution >= 0.6 is 11.3 Å². The lowest BCUT2D eigenvalue weighted by molar-refractivity contribution is 0.0342. The summed E-state index contributed by atoms with van der Waals surface area (Å²) in [6, 6.07) is 12.4. The zero-order valence-electron chi connectivity index (χ0n) is 17.6. The molecule has 164 valence electrons. The molecule has 0 unspecified atom stereocenters. The molecule has 4 aromatic rings. The fraction of sp³-hybridized carbons (Fsp3) is 0.261. The molecule has 7 nitrogen and oxygen atoms in total. The van der Waals surface area contributed by atoms with Gasteiger partial charge in [-0.15, -0.1) is 0 Å². The molecule has 0 radical (unpaired) electrons. The van der Waals surface area contributed by atoms with Gasteiger partial charge in [0.2, 0.25) is 0 Å². The topological polar surface area (TPSA) is 75.2 Å². The molecule has 1 aliphatic heterocycles. The lowest BCUT2D eigenvalue weighted by atomic mass is 10.1. The number of hydrogen-bond donors (Lipinski definition) is 2. The van der Waals surface area contributed by atoms with Crippen LogP contribution in [0.25, 0.3) is 21.5 Å². The highest BCUT2D eigenvalue weighted by Crippen LogP contribution is 2.35. The first-order valence-electron chi connectivity index (χ1n) is 10.5. The summed E-state index contributed by atoms with van der Waals surface area (Å²) in [5.74, 6) is 1.21. The molecule has 1 aliphatic rings. The molecule has 9 heteroatoms. The Bertz CT molecular complexity index is 1220. The van der Waals surface area contributed by atoms with E-state index in [9.17, 15) is 4.39 Å². The number of thiazole rings is 1. The van der Waals surface area contributed by atoms with Gasteiger partial charge in [0.25, 0.3) is 0 Å². The Morgan fingerprint density at radius 2 is 1.88 bits per heavy atom. The van der Waals surface area contributed by atoms with Crippen molar-refractivity contribution in [2.75, 3.05) is 44.0 Å². The van der Waals surface area contributed by atoms with Crippen molar-refractivity contribution in [3.05, 3.63) is 60.0 Å². The van der Waals surface area contributed by atoms with Crippen LogP contribution in [0.4, 0.5) is 21.2 Å². The average molecular weight is 451 g/mol. The third-order valence-electron chi connectivity index (χ3n) is 5.35. The Morgan fingerprint density at radius 3 is 2.66 bits per heavy atom. The van der Waals surface area contributed by atoms with Crippen LogP contribution in [0.15, 0.2) is 48.7 Å². The normalized spacial score (nSPS) is 14.6.